The summed E-state index contributed by atoms with van der Waals surface area (Å²) in [5.41, 5.74) is 1.42. The van der Waals surface area contributed by atoms with Gasteiger partial charge in [0.2, 0.25) is 5.91 Å². The predicted molar refractivity (Wildman–Crippen MR) is 82.6 cm³/mol. The van der Waals surface area contributed by atoms with Crippen molar-refractivity contribution < 1.29 is 4.79 Å². The van der Waals surface area contributed by atoms with Gasteiger partial charge in [-0.2, -0.15) is 5.10 Å². The SMILES string of the molecule is CC(C(=O)Nc1ccc(N(C)C)cc1)n1ncccc1=O. The lowest BCUT2D eigenvalue weighted by atomic mass is 10.2. The van der Waals surface area contributed by atoms with E-state index in [2.05, 4.69) is 10.4 Å². The van der Waals surface area contributed by atoms with E-state index in [0.717, 1.165) is 10.4 Å². The van der Waals surface area contributed by atoms with Crippen molar-refractivity contribution >= 4 is 17.3 Å². The number of benzene rings is 1. The molecule has 21 heavy (non-hydrogen) atoms. The fourth-order valence-electron chi connectivity index (χ4n) is 1.86. The molecule has 0 fully saturated rings. The molecule has 6 heteroatoms. The molecule has 1 amide bonds. The first-order valence-electron chi connectivity index (χ1n) is 6.61. The topological polar surface area (TPSA) is 67.2 Å². The molecule has 6 nitrogen and oxygen atoms in total. The van der Waals surface area contributed by atoms with Crippen LogP contribution in [-0.2, 0) is 4.79 Å². The fraction of sp³-hybridized carbons (Fsp3) is 0.267. The van der Waals surface area contributed by atoms with Crippen molar-refractivity contribution in [3.8, 4) is 0 Å². The van der Waals surface area contributed by atoms with Crippen LogP contribution in [0.15, 0.2) is 47.4 Å². The van der Waals surface area contributed by atoms with Gasteiger partial charge in [0.15, 0.2) is 0 Å². The molecule has 0 aliphatic heterocycles. The number of carbonyl (C=O) groups is 1. The first-order chi connectivity index (χ1) is 9.99. The fourth-order valence-corrected chi connectivity index (χ4v) is 1.86. The maximum Gasteiger partial charge on any atom is 0.267 e. The van der Waals surface area contributed by atoms with Gasteiger partial charge in [-0.15, -0.1) is 0 Å². The number of hydrogen-bond acceptors (Lipinski definition) is 4. The van der Waals surface area contributed by atoms with Gasteiger partial charge in [-0.25, -0.2) is 4.68 Å². The van der Waals surface area contributed by atoms with Crippen LogP contribution in [0, 0.1) is 0 Å². The lowest BCUT2D eigenvalue weighted by molar-refractivity contribution is -0.119. The number of carbonyl (C=O) groups excluding carboxylic acids is 1. The predicted octanol–water partition coefficient (Wildman–Crippen LogP) is 1.51. The molecule has 1 atom stereocenters. The minimum Gasteiger partial charge on any atom is -0.378 e. The van der Waals surface area contributed by atoms with Crippen molar-refractivity contribution in [3.05, 3.63) is 52.9 Å². The molecule has 110 valence electrons. The monoisotopic (exact) mass is 286 g/mol. The quantitative estimate of drug-likeness (QED) is 0.925. The highest BCUT2D eigenvalue weighted by molar-refractivity contribution is 5.93. The number of rotatable bonds is 4. The van der Waals surface area contributed by atoms with Gasteiger partial charge in [0.1, 0.15) is 6.04 Å². The van der Waals surface area contributed by atoms with E-state index < -0.39 is 6.04 Å². The summed E-state index contributed by atoms with van der Waals surface area (Å²) in [5.74, 6) is -0.284. The standard InChI is InChI=1S/C15H18N4O2/c1-11(19-14(20)5-4-10-16-19)15(21)17-12-6-8-13(9-7-12)18(2)3/h4-11H,1-3H3,(H,17,21). The van der Waals surface area contributed by atoms with E-state index in [4.69, 9.17) is 0 Å². The molecular formula is C15H18N4O2. The van der Waals surface area contributed by atoms with E-state index in [9.17, 15) is 9.59 Å². The Hall–Kier alpha value is -2.63. The van der Waals surface area contributed by atoms with Crippen LogP contribution in [-0.4, -0.2) is 29.8 Å². The van der Waals surface area contributed by atoms with Crippen LogP contribution < -0.4 is 15.8 Å². The molecule has 2 rings (SSSR count). The summed E-state index contributed by atoms with van der Waals surface area (Å²) in [6.07, 6.45) is 1.48. The number of nitrogens with zero attached hydrogens (tertiary/aromatic N) is 3. The Morgan fingerprint density at radius 1 is 1.24 bits per heavy atom. The van der Waals surface area contributed by atoms with Crippen LogP contribution in [0.5, 0.6) is 0 Å². The van der Waals surface area contributed by atoms with Crippen molar-refractivity contribution in [2.24, 2.45) is 0 Å². The minimum absolute atomic E-state index is 0.284. The molecular weight excluding hydrogens is 268 g/mol. The highest BCUT2D eigenvalue weighted by atomic mass is 16.2. The number of amides is 1. The summed E-state index contributed by atoms with van der Waals surface area (Å²) in [5, 5.41) is 6.69. The average Bonchev–Trinajstić information content (AvgIpc) is 2.47. The average molecular weight is 286 g/mol. The van der Waals surface area contributed by atoms with E-state index in [0.29, 0.717) is 5.69 Å². The van der Waals surface area contributed by atoms with Crippen molar-refractivity contribution in [2.45, 2.75) is 13.0 Å². The summed E-state index contributed by atoms with van der Waals surface area (Å²) in [7, 11) is 3.90. The minimum atomic E-state index is -0.674. The van der Waals surface area contributed by atoms with Crippen molar-refractivity contribution in [1.82, 2.24) is 9.78 Å². The molecule has 2 aromatic rings. The summed E-state index contributed by atoms with van der Waals surface area (Å²) in [6, 6.07) is 9.71. The molecule has 1 unspecified atom stereocenters. The van der Waals surface area contributed by atoms with Crippen molar-refractivity contribution in [2.75, 3.05) is 24.3 Å². The van der Waals surface area contributed by atoms with Gasteiger partial charge >= 0.3 is 0 Å². The van der Waals surface area contributed by atoms with Gasteiger partial charge in [0.05, 0.1) is 0 Å². The maximum atomic E-state index is 12.2. The highest BCUT2D eigenvalue weighted by Crippen LogP contribution is 2.16. The second kappa shape index (κ2) is 6.21. The molecule has 1 heterocycles. The Balaban J connectivity index is 2.11. The van der Waals surface area contributed by atoms with E-state index in [1.807, 2.05) is 43.3 Å². The molecule has 1 N–H and O–H groups in total. The lowest BCUT2D eigenvalue weighted by Gasteiger charge is -2.15. The Bertz CT molecular complexity index is 677. The molecule has 1 aromatic carbocycles. The van der Waals surface area contributed by atoms with Crippen LogP contribution in [0.1, 0.15) is 13.0 Å². The summed E-state index contributed by atoms with van der Waals surface area (Å²) in [6.45, 7) is 1.64. The zero-order chi connectivity index (χ0) is 15.4. The summed E-state index contributed by atoms with van der Waals surface area (Å²) in [4.78, 5) is 25.8. The van der Waals surface area contributed by atoms with Crippen molar-refractivity contribution in [1.29, 1.82) is 0 Å². The van der Waals surface area contributed by atoms with Gasteiger partial charge < -0.3 is 10.2 Å². The molecule has 0 saturated carbocycles. The van der Waals surface area contributed by atoms with Crippen LogP contribution in [0.3, 0.4) is 0 Å². The van der Waals surface area contributed by atoms with Gasteiger partial charge in [0.25, 0.3) is 5.56 Å². The first-order valence-corrected chi connectivity index (χ1v) is 6.61. The molecule has 0 aliphatic carbocycles. The van der Waals surface area contributed by atoms with E-state index in [1.54, 1.807) is 13.0 Å². The number of hydrogen-bond donors (Lipinski definition) is 1. The van der Waals surface area contributed by atoms with Crippen LogP contribution in [0.4, 0.5) is 11.4 Å². The second-order valence-corrected chi connectivity index (χ2v) is 4.91. The summed E-state index contributed by atoms with van der Waals surface area (Å²) < 4.78 is 1.16. The molecule has 0 spiro atoms. The third-order valence-corrected chi connectivity index (χ3v) is 3.14. The Morgan fingerprint density at radius 3 is 2.48 bits per heavy atom. The van der Waals surface area contributed by atoms with Crippen molar-refractivity contribution in [3.63, 3.8) is 0 Å². The summed E-state index contributed by atoms with van der Waals surface area (Å²) >= 11 is 0. The second-order valence-electron chi connectivity index (χ2n) is 4.91. The zero-order valence-electron chi connectivity index (χ0n) is 12.3. The van der Waals surface area contributed by atoms with Gasteiger partial charge in [0, 0.05) is 37.7 Å². The van der Waals surface area contributed by atoms with E-state index >= 15 is 0 Å². The highest BCUT2D eigenvalue weighted by Gasteiger charge is 2.16. The lowest BCUT2D eigenvalue weighted by Crippen LogP contribution is -2.32. The normalized spacial score (nSPS) is 11.8. The Labute approximate surface area is 123 Å². The smallest absolute Gasteiger partial charge is 0.267 e. The largest absolute Gasteiger partial charge is 0.378 e. The molecule has 0 aliphatic rings. The zero-order valence-corrected chi connectivity index (χ0v) is 12.3. The third-order valence-electron chi connectivity index (χ3n) is 3.14. The molecule has 0 saturated heterocycles. The van der Waals surface area contributed by atoms with Gasteiger partial charge in [-0.3, -0.25) is 9.59 Å². The molecule has 0 radical (unpaired) electrons. The number of nitrogens with one attached hydrogen (secondary N) is 1. The number of aromatic nitrogens is 2. The van der Waals surface area contributed by atoms with Gasteiger partial charge in [-0.05, 0) is 37.3 Å². The van der Waals surface area contributed by atoms with Crippen LogP contribution in [0.25, 0.3) is 0 Å². The number of anilines is 2. The van der Waals surface area contributed by atoms with Crippen LogP contribution in [0.2, 0.25) is 0 Å². The molecule has 0 bridgehead atoms. The molecule has 1 aromatic heterocycles. The first kappa shape index (κ1) is 14.8. The maximum absolute atomic E-state index is 12.2. The Morgan fingerprint density at radius 2 is 1.90 bits per heavy atom. The van der Waals surface area contributed by atoms with Crippen LogP contribution >= 0.6 is 0 Å². The van der Waals surface area contributed by atoms with E-state index in [1.165, 1.54) is 12.3 Å². The Kier molecular flexibility index (Phi) is 4.37. The van der Waals surface area contributed by atoms with Gasteiger partial charge in [-0.1, -0.05) is 0 Å². The third kappa shape index (κ3) is 3.47. The van der Waals surface area contributed by atoms with E-state index in [-0.39, 0.29) is 11.5 Å².